The van der Waals surface area contributed by atoms with Crippen LogP contribution < -0.4 is 4.74 Å². The molecule has 0 aromatic heterocycles. The maximum atomic E-state index is 12.4. The minimum atomic E-state index is -0.569. The van der Waals surface area contributed by atoms with Gasteiger partial charge in [-0.15, -0.1) is 0 Å². The van der Waals surface area contributed by atoms with E-state index in [2.05, 4.69) is 0 Å². The van der Waals surface area contributed by atoms with Crippen LogP contribution in [0.5, 0.6) is 5.75 Å². The number of piperidine rings is 1. The second-order valence-corrected chi connectivity index (χ2v) is 8.05. The van der Waals surface area contributed by atoms with Gasteiger partial charge < -0.3 is 19.5 Å². The lowest BCUT2D eigenvalue weighted by molar-refractivity contribution is -0.000518. The molecule has 0 saturated carbocycles. The Morgan fingerprint density at radius 1 is 1.32 bits per heavy atom. The van der Waals surface area contributed by atoms with E-state index < -0.39 is 11.7 Å². The summed E-state index contributed by atoms with van der Waals surface area (Å²) in [5, 5.41) is 10.7. The van der Waals surface area contributed by atoms with E-state index in [1.165, 1.54) is 0 Å². The van der Waals surface area contributed by atoms with Crippen LogP contribution in [0.4, 0.5) is 4.79 Å². The summed E-state index contributed by atoms with van der Waals surface area (Å²) in [6.45, 7) is 5.85. The number of hydrogen-bond donors (Lipinski definition) is 1. The van der Waals surface area contributed by atoms with Crippen LogP contribution in [-0.4, -0.2) is 48.0 Å². The summed E-state index contributed by atoms with van der Waals surface area (Å²) in [6.07, 6.45) is 0.930. The van der Waals surface area contributed by atoms with Gasteiger partial charge in [-0.05, 0) is 51.2 Å². The molecule has 0 radical (unpaired) electrons. The van der Waals surface area contributed by atoms with Crippen molar-refractivity contribution in [3.8, 4) is 5.75 Å². The van der Waals surface area contributed by atoms with Gasteiger partial charge in [0.2, 0.25) is 0 Å². The fourth-order valence-corrected chi connectivity index (χ4v) is 3.43. The van der Waals surface area contributed by atoms with Crippen LogP contribution in [0.15, 0.2) is 12.1 Å². The molecule has 1 aromatic carbocycles. The Labute approximate surface area is 158 Å². The van der Waals surface area contributed by atoms with Crippen LogP contribution in [0.25, 0.3) is 0 Å². The molecule has 2 atom stereocenters. The Kier molecular flexibility index (Phi) is 6.46. The number of methoxy groups -OCH3 is 1. The number of amides is 1. The number of carbonyl (C=O) groups is 1. The highest BCUT2D eigenvalue weighted by Gasteiger charge is 2.35. The highest BCUT2D eigenvalue weighted by atomic mass is 35.5. The van der Waals surface area contributed by atoms with E-state index in [0.29, 0.717) is 28.8 Å². The summed E-state index contributed by atoms with van der Waals surface area (Å²) >= 11 is 12.2. The fourth-order valence-electron chi connectivity index (χ4n) is 3.11. The summed E-state index contributed by atoms with van der Waals surface area (Å²) in [5.41, 5.74) is 0.375. The standard InChI is InChI=1S/C18H25Cl2NO4/c1-18(2,3)25-17(23)21-6-5-11(7-12(21)10-22)13-8-14(19)15(20)9-16(13)24-4/h8-9,11-12,22H,5-7,10H2,1-4H3. The van der Waals surface area contributed by atoms with E-state index in [9.17, 15) is 9.90 Å². The smallest absolute Gasteiger partial charge is 0.410 e. The summed E-state index contributed by atoms with van der Waals surface area (Å²) in [6, 6.07) is 3.20. The van der Waals surface area contributed by atoms with E-state index >= 15 is 0 Å². The quantitative estimate of drug-likeness (QED) is 0.827. The van der Waals surface area contributed by atoms with Gasteiger partial charge in [0.25, 0.3) is 0 Å². The van der Waals surface area contributed by atoms with Gasteiger partial charge >= 0.3 is 6.09 Å². The van der Waals surface area contributed by atoms with Crippen LogP contribution in [0.3, 0.4) is 0 Å². The third-order valence-corrected chi connectivity index (χ3v) is 4.99. The van der Waals surface area contributed by atoms with Crippen LogP contribution in [0, 0.1) is 0 Å². The molecule has 0 spiro atoms. The molecule has 1 aromatic rings. The second-order valence-electron chi connectivity index (χ2n) is 7.24. The molecule has 25 heavy (non-hydrogen) atoms. The minimum Gasteiger partial charge on any atom is -0.496 e. The van der Waals surface area contributed by atoms with Crippen molar-refractivity contribution in [2.45, 2.75) is 51.2 Å². The molecule has 1 amide bonds. The first kappa shape index (κ1) is 20.1. The van der Waals surface area contributed by atoms with Crippen molar-refractivity contribution >= 4 is 29.3 Å². The number of nitrogens with zero attached hydrogens (tertiary/aromatic N) is 1. The molecule has 1 fully saturated rings. The SMILES string of the molecule is COc1cc(Cl)c(Cl)cc1C1CCN(C(=O)OC(C)(C)C)C(CO)C1. The summed E-state index contributed by atoms with van der Waals surface area (Å²) in [7, 11) is 1.59. The maximum absolute atomic E-state index is 12.4. The van der Waals surface area contributed by atoms with Crippen LogP contribution in [-0.2, 0) is 4.74 Å². The van der Waals surface area contributed by atoms with Crippen LogP contribution >= 0.6 is 23.2 Å². The van der Waals surface area contributed by atoms with Crippen molar-refractivity contribution in [1.82, 2.24) is 4.90 Å². The second kappa shape index (κ2) is 8.02. The number of ether oxygens (including phenoxy) is 2. The van der Waals surface area contributed by atoms with Crippen LogP contribution in [0.2, 0.25) is 10.0 Å². The van der Waals surface area contributed by atoms with Gasteiger partial charge in [0.1, 0.15) is 11.4 Å². The largest absolute Gasteiger partial charge is 0.496 e. The molecule has 1 aliphatic heterocycles. The van der Waals surface area contributed by atoms with Crippen molar-refractivity contribution in [3.05, 3.63) is 27.7 Å². The number of aliphatic hydroxyl groups is 1. The number of likely N-dealkylation sites (tertiary alicyclic amines) is 1. The Morgan fingerprint density at radius 3 is 2.52 bits per heavy atom. The zero-order chi connectivity index (χ0) is 18.8. The molecule has 0 bridgehead atoms. The minimum absolute atomic E-state index is 0.112. The van der Waals surface area contributed by atoms with Crippen LogP contribution in [0.1, 0.15) is 45.1 Å². The first-order chi connectivity index (χ1) is 11.7. The lowest BCUT2D eigenvalue weighted by Crippen LogP contribution is -2.49. The molecule has 7 heteroatoms. The van der Waals surface area contributed by atoms with E-state index in [1.807, 2.05) is 26.8 Å². The van der Waals surface area contributed by atoms with Gasteiger partial charge in [0.05, 0.1) is 29.8 Å². The zero-order valence-corrected chi connectivity index (χ0v) is 16.5. The van der Waals surface area contributed by atoms with Crippen molar-refractivity contribution in [2.75, 3.05) is 20.3 Å². The van der Waals surface area contributed by atoms with Gasteiger partial charge in [0, 0.05) is 12.6 Å². The first-order valence-corrected chi connectivity index (χ1v) is 9.05. The molecule has 1 aliphatic rings. The number of rotatable bonds is 3. The van der Waals surface area contributed by atoms with Gasteiger partial charge in [-0.25, -0.2) is 4.79 Å². The third-order valence-electron chi connectivity index (χ3n) is 4.27. The van der Waals surface area contributed by atoms with E-state index in [1.54, 1.807) is 18.1 Å². The molecule has 140 valence electrons. The third kappa shape index (κ3) is 4.93. The van der Waals surface area contributed by atoms with E-state index in [-0.39, 0.29) is 18.6 Å². The van der Waals surface area contributed by atoms with Gasteiger partial charge in [-0.2, -0.15) is 0 Å². The van der Waals surface area contributed by atoms with Crippen molar-refractivity contribution in [3.63, 3.8) is 0 Å². The summed E-state index contributed by atoms with van der Waals surface area (Å²) in [5.74, 6) is 0.780. The Bertz CT molecular complexity index is 630. The van der Waals surface area contributed by atoms with Gasteiger partial charge in [-0.3, -0.25) is 0 Å². The molecule has 2 rings (SSSR count). The predicted octanol–water partition coefficient (Wildman–Crippen LogP) is 4.48. The Balaban J connectivity index is 2.19. The Hall–Kier alpha value is -1.17. The molecule has 1 heterocycles. The fraction of sp³-hybridized carbons (Fsp3) is 0.611. The van der Waals surface area contributed by atoms with E-state index in [4.69, 9.17) is 32.7 Å². The molecule has 2 unspecified atom stereocenters. The summed E-state index contributed by atoms with van der Waals surface area (Å²) < 4.78 is 10.9. The average Bonchev–Trinajstić information content (AvgIpc) is 2.54. The monoisotopic (exact) mass is 389 g/mol. The molecule has 1 N–H and O–H groups in total. The lowest BCUT2D eigenvalue weighted by atomic mass is 9.85. The van der Waals surface area contributed by atoms with Crippen molar-refractivity contribution < 1.29 is 19.4 Å². The highest BCUT2D eigenvalue weighted by Crippen LogP contribution is 2.40. The number of benzene rings is 1. The Morgan fingerprint density at radius 2 is 1.96 bits per heavy atom. The molecule has 5 nitrogen and oxygen atoms in total. The summed E-state index contributed by atoms with van der Waals surface area (Å²) in [4.78, 5) is 14.0. The van der Waals surface area contributed by atoms with Crippen molar-refractivity contribution in [1.29, 1.82) is 0 Å². The highest BCUT2D eigenvalue weighted by molar-refractivity contribution is 6.42. The molecular weight excluding hydrogens is 365 g/mol. The number of carbonyl (C=O) groups excluding carboxylic acids is 1. The topological polar surface area (TPSA) is 59.0 Å². The molecule has 0 aliphatic carbocycles. The van der Waals surface area contributed by atoms with Gasteiger partial charge in [0.15, 0.2) is 0 Å². The number of hydrogen-bond acceptors (Lipinski definition) is 4. The molecule has 1 saturated heterocycles. The zero-order valence-electron chi connectivity index (χ0n) is 15.0. The number of aliphatic hydroxyl groups excluding tert-OH is 1. The molecular formula is C18H25Cl2NO4. The lowest BCUT2D eigenvalue weighted by Gasteiger charge is -2.39. The predicted molar refractivity (Wildman–Crippen MR) is 98.8 cm³/mol. The number of halogens is 2. The average molecular weight is 390 g/mol. The van der Waals surface area contributed by atoms with Crippen molar-refractivity contribution in [2.24, 2.45) is 0 Å². The maximum Gasteiger partial charge on any atom is 0.410 e. The van der Waals surface area contributed by atoms with Gasteiger partial charge in [-0.1, -0.05) is 23.2 Å². The first-order valence-electron chi connectivity index (χ1n) is 8.29. The normalized spacial score (nSPS) is 21.2. The van der Waals surface area contributed by atoms with E-state index in [0.717, 1.165) is 12.0 Å².